The van der Waals surface area contributed by atoms with Gasteiger partial charge in [0.25, 0.3) is 11.7 Å². The van der Waals surface area contributed by atoms with E-state index in [0.717, 1.165) is 23.3 Å². The predicted octanol–water partition coefficient (Wildman–Crippen LogP) is 5.07. The van der Waals surface area contributed by atoms with Crippen LogP contribution in [0.5, 0.6) is 11.5 Å². The van der Waals surface area contributed by atoms with Gasteiger partial charge < -0.3 is 19.5 Å². The first-order valence-corrected chi connectivity index (χ1v) is 12.3. The fraction of sp³-hybridized carbons (Fsp3) is 0.267. The number of ether oxygens (including phenoxy) is 2. The van der Waals surface area contributed by atoms with Gasteiger partial charge in [-0.2, -0.15) is 0 Å². The van der Waals surface area contributed by atoms with Crippen LogP contribution in [0.15, 0.2) is 78.4 Å². The van der Waals surface area contributed by atoms with Gasteiger partial charge in [-0.3, -0.25) is 9.59 Å². The molecular weight excluding hydrogens is 454 g/mol. The molecule has 0 radical (unpaired) electrons. The summed E-state index contributed by atoms with van der Waals surface area (Å²) >= 11 is 0. The first-order valence-electron chi connectivity index (χ1n) is 12.3. The summed E-state index contributed by atoms with van der Waals surface area (Å²) in [5, 5.41) is 11.4. The van der Waals surface area contributed by atoms with Crippen molar-refractivity contribution in [1.82, 2.24) is 4.90 Å². The number of amides is 1. The molecule has 5 rings (SSSR count). The molecule has 36 heavy (non-hydrogen) atoms. The van der Waals surface area contributed by atoms with Crippen molar-refractivity contribution in [2.45, 2.75) is 38.8 Å². The summed E-state index contributed by atoms with van der Waals surface area (Å²) in [4.78, 5) is 28.2. The molecule has 3 aromatic carbocycles. The minimum atomic E-state index is -0.724. The zero-order valence-electron chi connectivity index (χ0n) is 20.4. The molecule has 1 amide bonds. The van der Waals surface area contributed by atoms with Gasteiger partial charge in [-0.25, -0.2) is 0 Å². The van der Waals surface area contributed by atoms with E-state index in [1.807, 2.05) is 80.6 Å². The lowest BCUT2D eigenvalue weighted by molar-refractivity contribution is -0.139. The van der Waals surface area contributed by atoms with E-state index in [1.165, 1.54) is 0 Å². The van der Waals surface area contributed by atoms with E-state index in [0.29, 0.717) is 36.4 Å². The summed E-state index contributed by atoms with van der Waals surface area (Å²) in [6, 6.07) is 21.9. The quantitative estimate of drug-likeness (QED) is 0.288. The third-order valence-electron chi connectivity index (χ3n) is 6.68. The molecule has 2 aliphatic heterocycles. The highest BCUT2D eigenvalue weighted by Crippen LogP contribution is 2.41. The SMILES string of the molecule is CCOc1cccc([C@H]2C(=C(O)c3ccc4c(c3)C[C@H](C)O4)C(=O)C(=O)N2CCc2ccccc2)c1. The molecule has 184 valence electrons. The van der Waals surface area contributed by atoms with Crippen molar-refractivity contribution in [2.24, 2.45) is 0 Å². The first kappa shape index (κ1) is 23.7. The third kappa shape index (κ3) is 4.47. The Labute approximate surface area is 210 Å². The van der Waals surface area contributed by atoms with Gasteiger partial charge in [0.05, 0.1) is 18.2 Å². The number of carbonyl (C=O) groups is 2. The van der Waals surface area contributed by atoms with E-state index >= 15 is 0 Å². The molecule has 0 bridgehead atoms. The molecule has 1 N–H and O–H groups in total. The number of likely N-dealkylation sites (tertiary alicyclic amines) is 1. The van der Waals surface area contributed by atoms with Gasteiger partial charge >= 0.3 is 0 Å². The molecule has 0 aliphatic carbocycles. The second-order valence-corrected chi connectivity index (χ2v) is 9.19. The Morgan fingerprint density at radius 1 is 1.06 bits per heavy atom. The summed E-state index contributed by atoms with van der Waals surface area (Å²) in [6.45, 7) is 4.72. The number of fused-ring (bicyclic) bond motifs is 1. The van der Waals surface area contributed by atoms with Crippen LogP contribution in [0.3, 0.4) is 0 Å². The van der Waals surface area contributed by atoms with E-state index in [1.54, 1.807) is 11.0 Å². The Morgan fingerprint density at radius 3 is 2.64 bits per heavy atom. The van der Waals surface area contributed by atoms with Gasteiger partial charge in [0.1, 0.15) is 23.4 Å². The van der Waals surface area contributed by atoms with Gasteiger partial charge in [-0.1, -0.05) is 42.5 Å². The molecule has 2 aliphatic rings. The highest BCUT2D eigenvalue weighted by atomic mass is 16.5. The standard InChI is InChI=1S/C30H29NO5/c1-3-35-24-11-7-10-21(18-24)27-26(28(32)22-12-13-25-23(17-22)16-19(2)36-25)29(33)30(34)31(27)15-14-20-8-5-4-6-9-20/h4-13,17-19,27,32H,3,14-16H2,1-2H3/t19-,27-/m0/s1. The van der Waals surface area contributed by atoms with Crippen LogP contribution >= 0.6 is 0 Å². The minimum absolute atomic E-state index is 0.0577. The van der Waals surface area contributed by atoms with Crippen LogP contribution < -0.4 is 9.47 Å². The minimum Gasteiger partial charge on any atom is -0.507 e. The number of aliphatic hydroxyl groups excluding tert-OH is 1. The Balaban J connectivity index is 1.58. The Hall–Kier alpha value is -4.06. The van der Waals surface area contributed by atoms with Crippen LogP contribution in [0.4, 0.5) is 0 Å². The number of hydrogen-bond donors (Lipinski definition) is 1. The monoisotopic (exact) mass is 483 g/mol. The number of ketones is 1. The molecule has 1 fully saturated rings. The Morgan fingerprint density at radius 2 is 1.86 bits per heavy atom. The maximum absolute atomic E-state index is 13.4. The normalized spacial score (nSPS) is 20.3. The fourth-order valence-electron chi connectivity index (χ4n) is 5.02. The summed E-state index contributed by atoms with van der Waals surface area (Å²) in [6.07, 6.45) is 1.37. The van der Waals surface area contributed by atoms with E-state index < -0.39 is 17.7 Å². The second-order valence-electron chi connectivity index (χ2n) is 9.19. The molecule has 2 heterocycles. The lowest BCUT2D eigenvalue weighted by atomic mass is 9.94. The zero-order valence-corrected chi connectivity index (χ0v) is 20.4. The maximum Gasteiger partial charge on any atom is 0.295 e. The number of rotatable bonds is 7. The highest BCUT2D eigenvalue weighted by Gasteiger charge is 2.46. The van der Waals surface area contributed by atoms with Crippen molar-refractivity contribution in [3.05, 3.63) is 101 Å². The number of carbonyl (C=O) groups excluding carboxylic acids is 2. The fourth-order valence-corrected chi connectivity index (χ4v) is 5.02. The van der Waals surface area contributed by atoms with Gasteiger partial charge in [0.15, 0.2) is 0 Å². The van der Waals surface area contributed by atoms with Gasteiger partial charge in [-0.15, -0.1) is 0 Å². The van der Waals surface area contributed by atoms with Crippen molar-refractivity contribution in [2.75, 3.05) is 13.2 Å². The van der Waals surface area contributed by atoms with Gasteiger partial charge in [-0.05, 0) is 67.3 Å². The average Bonchev–Trinajstić information content (AvgIpc) is 3.38. The lowest BCUT2D eigenvalue weighted by Crippen LogP contribution is -2.31. The van der Waals surface area contributed by atoms with Crippen LogP contribution in [0, 0.1) is 0 Å². The molecule has 6 nitrogen and oxygen atoms in total. The van der Waals surface area contributed by atoms with Crippen molar-refractivity contribution in [3.8, 4) is 11.5 Å². The predicted molar refractivity (Wildman–Crippen MR) is 137 cm³/mol. The average molecular weight is 484 g/mol. The molecule has 1 saturated heterocycles. The summed E-state index contributed by atoms with van der Waals surface area (Å²) in [5.41, 5.74) is 3.34. The molecule has 0 spiro atoms. The molecular formula is C30H29NO5. The van der Waals surface area contributed by atoms with Crippen molar-refractivity contribution in [1.29, 1.82) is 0 Å². The van der Waals surface area contributed by atoms with E-state index in [2.05, 4.69) is 0 Å². The van der Waals surface area contributed by atoms with E-state index in [-0.39, 0.29) is 17.4 Å². The van der Waals surface area contributed by atoms with Crippen LogP contribution in [0.25, 0.3) is 5.76 Å². The number of aliphatic hydroxyl groups is 1. The zero-order chi connectivity index (χ0) is 25.2. The molecule has 3 aromatic rings. The molecule has 2 atom stereocenters. The highest BCUT2D eigenvalue weighted by molar-refractivity contribution is 6.46. The third-order valence-corrected chi connectivity index (χ3v) is 6.68. The van der Waals surface area contributed by atoms with Crippen molar-refractivity contribution in [3.63, 3.8) is 0 Å². The number of hydrogen-bond acceptors (Lipinski definition) is 5. The molecule has 6 heteroatoms. The largest absolute Gasteiger partial charge is 0.507 e. The van der Waals surface area contributed by atoms with Crippen molar-refractivity contribution < 1.29 is 24.2 Å². The molecule has 0 unspecified atom stereocenters. The number of nitrogens with zero attached hydrogens (tertiary/aromatic N) is 1. The first-order chi connectivity index (χ1) is 17.5. The van der Waals surface area contributed by atoms with Crippen molar-refractivity contribution >= 4 is 17.4 Å². The topological polar surface area (TPSA) is 76.1 Å². The lowest BCUT2D eigenvalue weighted by Gasteiger charge is -2.26. The van der Waals surface area contributed by atoms with E-state index in [9.17, 15) is 14.7 Å². The van der Waals surface area contributed by atoms with E-state index in [4.69, 9.17) is 9.47 Å². The van der Waals surface area contributed by atoms with Gasteiger partial charge in [0.2, 0.25) is 0 Å². The Kier molecular flexibility index (Phi) is 6.51. The van der Waals surface area contributed by atoms with Crippen LogP contribution in [0.2, 0.25) is 0 Å². The summed E-state index contributed by atoms with van der Waals surface area (Å²) in [7, 11) is 0. The number of benzene rings is 3. The number of Topliss-reactive ketones (excluding diaryl/α,β-unsaturated/α-hetero) is 1. The van der Waals surface area contributed by atoms with Crippen LogP contribution in [0.1, 0.15) is 42.1 Å². The van der Waals surface area contributed by atoms with Gasteiger partial charge in [0, 0.05) is 18.5 Å². The smallest absolute Gasteiger partial charge is 0.295 e. The summed E-state index contributed by atoms with van der Waals surface area (Å²) < 4.78 is 11.5. The maximum atomic E-state index is 13.4. The summed E-state index contributed by atoms with van der Waals surface area (Å²) in [5.74, 6) is -0.0460. The van der Waals surface area contributed by atoms with Crippen LogP contribution in [-0.4, -0.2) is 41.0 Å². The molecule has 0 saturated carbocycles. The Bertz CT molecular complexity index is 1330. The molecule has 0 aromatic heterocycles. The second kappa shape index (κ2) is 9.90. The van der Waals surface area contributed by atoms with Crippen LogP contribution in [-0.2, 0) is 22.4 Å².